The molecule has 1 N–H and O–H groups in total. The SMILES string of the molecule is COc1ccc(Br)cc1CSc1ccccc1CN1CCN(CC(=O)NC(C)C)CC1. The molecule has 1 amide bonds. The number of halogens is 1. The van der Waals surface area contributed by atoms with E-state index >= 15 is 0 Å². The molecule has 31 heavy (non-hydrogen) atoms. The monoisotopic (exact) mass is 505 g/mol. The van der Waals surface area contributed by atoms with Gasteiger partial charge >= 0.3 is 0 Å². The van der Waals surface area contributed by atoms with E-state index in [9.17, 15) is 4.79 Å². The molecule has 5 nitrogen and oxygen atoms in total. The van der Waals surface area contributed by atoms with Gasteiger partial charge in [0.25, 0.3) is 0 Å². The number of thioether (sulfide) groups is 1. The lowest BCUT2D eigenvalue weighted by Crippen LogP contribution is -2.49. The first-order valence-electron chi connectivity index (χ1n) is 10.7. The molecule has 0 radical (unpaired) electrons. The Kier molecular flexibility index (Phi) is 9.26. The van der Waals surface area contributed by atoms with E-state index in [1.165, 1.54) is 16.0 Å². The predicted octanol–water partition coefficient (Wildman–Crippen LogP) is 4.39. The molecule has 2 aromatic carbocycles. The first-order chi connectivity index (χ1) is 14.9. The molecule has 1 aliphatic rings. The van der Waals surface area contributed by atoms with Crippen molar-refractivity contribution in [3.05, 3.63) is 58.1 Å². The summed E-state index contributed by atoms with van der Waals surface area (Å²) in [6.45, 7) is 9.24. The Morgan fingerprint density at radius 1 is 1.10 bits per heavy atom. The Morgan fingerprint density at radius 3 is 2.52 bits per heavy atom. The Balaban J connectivity index is 1.55. The highest BCUT2D eigenvalue weighted by molar-refractivity contribution is 9.10. The fraction of sp³-hybridized carbons (Fsp3) is 0.458. The summed E-state index contributed by atoms with van der Waals surface area (Å²) in [7, 11) is 1.72. The minimum Gasteiger partial charge on any atom is -0.496 e. The molecule has 0 atom stereocenters. The van der Waals surface area contributed by atoms with Crippen LogP contribution in [0.1, 0.15) is 25.0 Å². The van der Waals surface area contributed by atoms with Gasteiger partial charge in [0.15, 0.2) is 0 Å². The zero-order valence-electron chi connectivity index (χ0n) is 18.6. The highest BCUT2D eigenvalue weighted by atomic mass is 79.9. The van der Waals surface area contributed by atoms with Crippen molar-refractivity contribution in [2.24, 2.45) is 0 Å². The maximum Gasteiger partial charge on any atom is 0.234 e. The van der Waals surface area contributed by atoms with Crippen molar-refractivity contribution in [2.75, 3.05) is 39.8 Å². The van der Waals surface area contributed by atoms with Crippen molar-refractivity contribution in [2.45, 2.75) is 37.1 Å². The molecule has 1 fully saturated rings. The van der Waals surface area contributed by atoms with Gasteiger partial charge in [0.1, 0.15) is 5.75 Å². The van der Waals surface area contributed by atoms with Crippen molar-refractivity contribution < 1.29 is 9.53 Å². The van der Waals surface area contributed by atoms with Gasteiger partial charge in [-0.05, 0) is 43.7 Å². The van der Waals surface area contributed by atoms with Gasteiger partial charge in [0, 0.05) is 59.5 Å². The average Bonchev–Trinajstić information content (AvgIpc) is 2.74. The smallest absolute Gasteiger partial charge is 0.234 e. The first kappa shape index (κ1) is 24.1. The molecular weight excluding hydrogens is 474 g/mol. The summed E-state index contributed by atoms with van der Waals surface area (Å²) < 4.78 is 6.59. The molecule has 0 aliphatic carbocycles. The third-order valence-corrected chi connectivity index (χ3v) is 6.93. The van der Waals surface area contributed by atoms with E-state index in [1.54, 1.807) is 7.11 Å². The molecule has 0 aromatic heterocycles. The lowest BCUT2D eigenvalue weighted by Gasteiger charge is -2.34. The number of nitrogens with zero attached hydrogens (tertiary/aromatic N) is 2. The van der Waals surface area contributed by atoms with Crippen LogP contribution in [0.3, 0.4) is 0 Å². The van der Waals surface area contributed by atoms with Crippen LogP contribution in [-0.2, 0) is 17.1 Å². The minimum absolute atomic E-state index is 0.119. The normalized spacial score (nSPS) is 15.3. The van der Waals surface area contributed by atoms with Gasteiger partial charge in [0.2, 0.25) is 5.91 Å². The third-order valence-electron chi connectivity index (χ3n) is 5.27. The summed E-state index contributed by atoms with van der Waals surface area (Å²) in [5.74, 6) is 1.90. The number of carbonyl (C=O) groups is 1. The van der Waals surface area contributed by atoms with Crippen LogP contribution in [-0.4, -0.2) is 61.6 Å². The second-order valence-electron chi connectivity index (χ2n) is 8.13. The second kappa shape index (κ2) is 11.9. The Morgan fingerprint density at radius 2 is 1.81 bits per heavy atom. The number of hydrogen-bond acceptors (Lipinski definition) is 5. The molecule has 0 unspecified atom stereocenters. The first-order valence-corrected chi connectivity index (χ1v) is 12.5. The zero-order valence-corrected chi connectivity index (χ0v) is 21.0. The highest BCUT2D eigenvalue weighted by Gasteiger charge is 2.20. The van der Waals surface area contributed by atoms with Crippen LogP contribution < -0.4 is 10.1 Å². The van der Waals surface area contributed by atoms with Crippen LogP contribution in [0.15, 0.2) is 51.8 Å². The van der Waals surface area contributed by atoms with Gasteiger partial charge in [-0.15, -0.1) is 11.8 Å². The van der Waals surface area contributed by atoms with Gasteiger partial charge in [-0.25, -0.2) is 0 Å². The number of piperazine rings is 1. The van der Waals surface area contributed by atoms with Crippen LogP contribution in [0, 0.1) is 0 Å². The number of amides is 1. The van der Waals surface area contributed by atoms with Crippen LogP contribution in [0.2, 0.25) is 0 Å². The topological polar surface area (TPSA) is 44.8 Å². The van der Waals surface area contributed by atoms with Gasteiger partial charge in [0.05, 0.1) is 13.7 Å². The molecule has 2 aromatic rings. The molecule has 0 bridgehead atoms. The lowest BCUT2D eigenvalue weighted by atomic mass is 10.2. The van der Waals surface area contributed by atoms with E-state index in [0.717, 1.165) is 48.7 Å². The number of methoxy groups -OCH3 is 1. The molecule has 0 spiro atoms. The Hall–Kier alpha value is -1.54. The van der Waals surface area contributed by atoms with Gasteiger partial charge < -0.3 is 10.1 Å². The molecular formula is C24H32BrN3O2S. The Bertz CT molecular complexity index is 870. The van der Waals surface area contributed by atoms with Crippen molar-refractivity contribution in [1.82, 2.24) is 15.1 Å². The summed E-state index contributed by atoms with van der Waals surface area (Å²) in [4.78, 5) is 18.0. The molecule has 1 saturated heterocycles. The molecule has 7 heteroatoms. The number of rotatable bonds is 9. The zero-order chi connectivity index (χ0) is 22.2. The van der Waals surface area contributed by atoms with Gasteiger partial charge in [-0.3, -0.25) is 14.6 Å². The van der Waals surface area contributed by atoms with E-state index in [1.807, 2.05) is 37.7 Å². The maximum atomic E-state index is 12.0. The van der Waals surface area contributed by atoms with E-state index in [-0.39, 0.29) is 11.9 Å². The third kappa shape index (κ3) is 7.52. The average molecular weight is 507 g/mol. The van der Waals surface area contributed by atoms with Crippen LogP contribution in [0.5, 0.6) is 5.75 Å². The summed E-state index contributed by atoms with van der Waals surface area (Å²) in [6, 6.07) is 15.0. The summed E-state index contributed by atoms with van der Waals surface area (Å²) in [5, 5.41) is 2.98. The number of nitrogens with one attached hydrogen (secondary N) is 1. The number of ether oxygens (including phenoxy) is 1. The van der Waals surface area contributed by atoms with Crippen LogP contribution in [0.4, 0.5) is 0 Å². The van der Waals surface area contributed by atoms with Crippen molar-refractivity contribution >= 4 is 33.6 Å². The Labute approximate surface area is 198 Å². The highest BCUT2D eigenvalue weighted by Crippen LogP contribution is 2.32. The van der Waals surface area contributed by atoms with Crippen molar-refractivity contribution in [1.29, 1.82) is 0 Å². The summed E-state index contributed by atoms with van der Waals surface area (Å²) in [6.07, 6.45) is 0. The quantitative estimate of drug-likeness (QED) is 0.512. The standard InChI is InChI=1S/C24H32BrN3O2S/c1-18(2)26-24(29)16-28-12-10-27(11-13-28)15-19-6-4-5-7-23(19)31-17-20-14-21(25)8-9-22(20)30-3/h4-9,14,18H,10-13,15-17H2,1-3H3,(H,26,29). The van der Waals surface area contributed by atoms with E-state index in [0.29, 0.717) is 6.54 Å². The second-order valence-corrected chi connectivity index (χ2v) is 10.1. The predicted molar refractivity (Wildman–Crippen MR) is 132 cm³/mol. The van der Waals surface area contributed by atoms with E-state index in [4.69, 9.17) is 4.74 Å². The van der Waals surface area contributed by atoms with Crippen LogP contribution in [0.25, 0.3) is 0 Å². The van der Waals surface area contributed by atoms with Crippen LogP contribution >= 0.6 is 27.7 Å². The number of hydrogen-bond donors (Lipinski definition) is 1. The molecule has 0 saturated carbocycles. The molecule has 1 heterocycles. The van der Waals surface area contributed by atoms with Crippen molar-refractivity contribution in [3.8, 4) is 5.75 Å². The minimum atomic E-state index is 0.119. The summed E-state index contributed by atoms with van der Waals surface area (Å²) >= 11 is 5.41. The van der Waals surface area contributed by atoms with Crippen molar-refractivity contribution in [3.63, 3.8) is 0 Å². The fourth-order valence-electron chi connectivity index (χ4n) is 3.71. The van der Waals surface area contributed by atoms with E-state index in [2.05, 4.69) is 61.4 Å². The maximum absolute atomic E-state index is 12.0. The lowest BCUT2D eigenvalue weighted by molar-refractivity contribution is -0.123. The summed E-state index contributed by atoms with van der Waals surface area (Å²) in [5.41, 5.74) is 2.54. The largest absolute Gasteiger partial charge is 0.496 e. The van der Waals surface area contributed by atoms with Gasteiger partial charge in [-0.1, -0.05) is 34.1 Å². The molecule has 168 valence electrons. The van der Waals surface area contributed by atoms with E-state index < -0.39 is 0 Å². The number of benzene rings is 2. The van der Waals surface area contributed by atoms with Gasteiger partial charge in [-0.2, -0.15) is 0 Å². The number of carbonyl (C=O) groups excluding carboxylic acids is 1. The molecule has 3 rings (SSSR count). The molecule has 1 aliphatic heterocycles. The fourth-order valence-corrected chi connectivity index (χ4v) is 5.15.